The minimum Gasteiger partial charge on any atom is -0.401 e. The van der Waals surface area contributed by atoms with Crippen molar-refractivity contribution in [1.82, 2.24) is 19.1 Å². The fourth-order valence-corrected chi connectivity index (χ4v) is 3.22. The lowest BCUT2D eigenvalue weighted by molar-refractivity contribution is -0.402. The summed E-state index contributed by atoms with van der Waals surface area (Å²) in [7, 11) is 1.54. The number of aromatic amines is 1. The van der Waals surface area contributed by atoms with Gasteiger partial charge < -0.3 is 8.98 Å². The van der Waals surface area contributed by atoms with E-state index in [0.717, 1.165) is 32.1 Å². The topological polar surface area (TPSA) is 153 Å². The maximum Gasteiger partial charge on any atom is 0.433 e. The van der Waals surface area contributed by atoms with Gasteiger partial charge >= 0.3 is 11.6 Å². The standard InChI is InChI=1S/C20H25N7O5/c1-3-4-5-6-7-13-26-16-17(25(2)20(29)23-18(16)28)22-19(26)24-21-12-8-9-14-10-11-15(32-14)27(30)31/h8-12H,3-7,13H2,1-2H3,(H,22,24)(H,23,28,29). The number of nitrogens with one attached hydrogen (secondary N) is 2. The predicted octanol–water partition coefficient (Wildman–Crippen LogP) is 3.01. The highest BCUT2D eigenvalue weighted by molar-refractivity contribution is 5.78. The second-order valence-electron chi connectivity index (χ2n) is 7.17. The van der Waals surface area contributed by atoms with Gasteiger partial charge in [0.15, 0.2) is 11.2 Å². The third-order valence-corrected chi connectivity index (χ3v) is 4.87. The first-order valence-corrected chi connectivity index (χ1v) is 10.3. The van der Waals surface area contributed by atoms with Crippen molar-refractivity contribution in [2.45, 2.75) is 45.6 Å². The van der Waals surface area contributed by atoms with Gasteiger partial charge in [-0.15, -0.1) is 0 Å². The summed E-state index contributed by atoms with van der Waals surface area (Å²) in [6.07, 6.45) is 9.73. The highest BCUT2D eigenvalue weighted by Crippen LogP contribution is 2.18. The molecule has 32 heavy (non-hydrogen) atoms. The summed E-state index contributed by atoms with van der Waals surface area (Å²) in [5.74, 6) is 0.299. The first-order chi connectivity index (χ1) is 15.4. The number of unbranched alkanes of at least 4 members (excludes halogenated alkanes) is 4. The maximum absolute atomic E-state index is 12.4. The second-order valence-corrected chi connectivity index (χ2v) is 7.17. The number of fused-ring (bicyclic) bond motifs is 1. The first kappa shape index (κ1) is 22.7. The molecule has 0 bridgehead atoms. The smallest absolute Gasteiger partial charge is 0.401 e. The van der Waals surface area contributed by atoms with E-state index in [1.807, 2.05) is 0 Å². The SMILES string of the molecule is CCCCCCCn1c(NN=CC=Cc2ccc([N+](=O)[O-])o2)nc2c1c(=O)[nH]c(=O)n2C. The van der Waals surface area contributed by atoms with Crippen molar-refractivity contribution < 1.29 is 9.34 Å². The quantitative estimate of drug-likeness (QED) is 0.200. The Balaban J connectivity index is 1.79. The van der Waals surface area contributed by atoms with Gasteiger partial charge in [0, 0.05) is 19.8 Å². The molecule has 12 nitrogen and oxygen atoms in total. The van der Waals surface area contributed by atoms with E-state index in [9.17, 15) is 19.7 Å². The summed E-state index contributed by atoms with van der Waals surface area (Å²) in [6.45, 7) is 2.69. The Bertz CT molecular complexity index is 1260. The average molecular weight is 443 g/mol. The molecule has 3 heterocycles. The Morgan fingerprint density at radius 2 is 2.06 bits per heavy atom. The fraction of sp³-hybridized carbons (Fsp3) is 0.400. The van der Waals surface area contributed by atoms with E-state index in [-0.39, 0.29) is 11.5 Å². The molecule has 0 unspecified atom stereocenters. The predicted molar refractivity (Wildman–Crippen MR) is 121 cm³/mol. The molecule has 0 atom stereocenters. The largest absolute Gasteiger partial charge is 0.433 e. The Morgan fingerprint density at radius 3 is 2.78 bits per heavy atom. The Kier molecular flexibility index (Phi) is 7.37. The molecule has 0 radical (unpaired) electrons. The van der Waals surface area contributed by atoms with Gasteiger partial charge in [0.1, 0.15) is 10.7 Å². The highest BCUT2D eigenvalue weighted by atomic mass is 16.6. The molecular weight excluding hydrogens is 418 g/mol. The molecule has 0 aliphatic carbocycles. The molecular formula is C20H25N7O5. The molecule has 3 aromatic rings. The zero-order valence-electron chi connectivity index (χ0n) is 17.9. The zero-order chi connectivity index (χ0) is 23.1. The molecule has 2 N–H and O–H groups in total. The molecule has 0 spiro atoms. The van der Waals surface area contributed by atoms with Crippen molar-refractivity contribution in [3.05, 3.63) is 54.9 Å². The van der Waals surface area contributed by atoms with Gasteiger partial charge in [0.25, 0.3) is 5.56 Å². The maximum atomic E-state index is 12.4. The van der Waals surface area contributed by atoms with Crippen LogP contribution in [0.3, 0.4) is 0 Å². The summed E-state index contributed by atoms with van der Waals surface area (Å²) in [4.78, 5) is 41.1. The number of hydrogen-bond donors (Lipinski definition) is 2. The van der Waals surface area contributed by atoms with Crippen LogP contribution in [-0.2, 0) is 13.6 Å². The molecule has 0 aliphatic heterocycles. The van der Waals surface area contributed by atoms with Crippen LogP contribution in [0.25, 0.3) is 17.2 Å². The van der Waals surface area contributed by atoms with Gasteiger partial charge in [-0.05, 0) is 24.6 Å². The van der Waals surface area contributed by atoms with Gasteiger partial charge in [0.2, 0.25) is 5.95 Å². The number of imidazole rings is 1. The van der Waals surface area contributed by atoms with Crippen molar-refractivity contribution in [1.29, 1.82) is 0 Å². The molecule has 0 saturated carbocycles. The molecule has 3 aromatic heterocycles. The number of furan rings is 1. The number of H-pyrrole nitrogens is 1. The van der Waals surface area contributed by atoms with E-state index in [0.29, 0.717) is 23.8 Å². The van der Waals surface area contributed by atoms with Gasteiger partial charge in [-0.25, -0.2) is 10.2 Å². The molecule has 3 rings (SSSR count). The Morgan fingerprint density at radius 1 is 1.28 bits per heavy atom. The van der Waals surface area contributed by atoms with E-state index in [1.54, 1.807) is 4.57 Å². The lowest BCUT2D eigenvalue weighted by Crippen LogP contribution is -2.29. The van der Waals surface area contributed by atoms with Crippen molar-refractivity contribution in [2.24, 2.45) is 12.1 Å². The monoisotopic (exact) mass is 443 g/mol. The Labute approximate surface area is 182 Å². The summed E-state index contributed by atoms with van der Waals surface area (Å²) < 4.78 is 8.02. The van der Waals surface area contributed by atoms with E-state index in [4.69, 9.17) is 4.42 Å². The molecule has 0 aliphatic rings. The average Bonchev–Trinajstić information content (AvgIpc) is 3.37. The van der Waals surface area contributed by atoms with Gasteiger partial charge in [-0.3, -0.25) is 24.5 Å². The molecule has 170 valence electrons. The van der Waals surface area contributed by atoms with Crippen molar-refractivity contribution >= 4 is 35.3 Å². The molecule has 0 saturated heterocycles. The van der Waals surface area contributed by atoms with E-state index >= 15 is 0 Å². The van der Waals surface area contributed by atoms with Crippen molar-refractivity contribution in [3.63, 3.8) is 0 Å². The van der Waals surface area contributed by atoms with Crippen LogP contribution in [0.4, 0.5) is 11.8 Å². The molecule has 12 heteroatoms. The lowest BCUT2D eigenvalue weighted by atomic mass is 10.1. The number of nitro groups is 1. The number of aromatic nitrogens is 4. The summed E-state index contributed by atoms with van der Waals surface area (Å²) in [6, 6.07) is 2.74. The minimum absolute atomic E-state index is 0.267. The highest BCUT2D eigenvalue weighted by Gasteiger charge is 2.16. The van der Waals surface area contributed by atoms with Crippen LogP contribution in [0, 0.1) is 10.1 Å². The Hall–Kier alpha value is -3.96. The molecule has 0 aromatic carbocycles. The number of nitrogens with zero attached hydrogens (tertiary/aromatic N) is 5. The number of hydrogen-bond acceptors (Lipinski definition) is 8. The van der Waals surface area contributed by atoms with Gasteiger partial charge in [-0.2, -0.15) is 10.1 Å². The lowest BCUT2D eigenvalue weighted by Gasteiger charge is -2.07. The number of rotatable bonds is 11. The van der Waals surface area contributed by atoms with Crippen LogP contribution in [0.5, 0.6) is 0 Å². The van der Waals surface area contributed by atoms with E-state index in [2.05, 4.69) is 27.4 Å². The van der Waals surface area contributed by atoms with Gasteiger partial charge in [-0.1, -0.05) is 32.6 Å². The van der Waals surface area contributed by atoms with E-state index < -0.39 is 16.2 Å². The summed E-state index contributed by atoms with van der Waals surface area (Å²) in [5.41, 5.74) is 2.33. The number of allylic oxidation sites excluding steroid dienone is 1. The molecule has 0 amide bonds. The first-order valence-electron chi connectivity index (χ1n) is 10.3. The summed E-state index contributed by atoms with van der Waals surface area (Å²) in [5, 5.41) is 14.7. The van der Waals surface area contributed by atoms with Crippen LogP contribution >= 0.6 is 0 Å². The number of hydrazone groups is 1. The van der Waals surface area contributed by atoms with Crippen LogP contribution in [0.2, 0.25) is 0 Å². The van der Waals surface area contributed by atoms with Gasteiger partial charge in [0.05, 0.1) is 6.07 Å². The summed E-state index contributed by atoms with van der Waals surface area (Å²) >= 11 is 0. The third kappa shape index (κ3) is 5.20. The van der Waals surface area contributed by atoms with Crippen molar-refractivity contribution in [2.75, 3.05) is 5.43 Å². The van der Waals surface area contributed by atoms with Crippen LogP contribution in [0.15, 0.2) is 37.3 Å². The number of anilines is 1. The van der Waals surface area contributed by atoms with Crippen LogP contribution < -0.4 is 16.7 Å². The molecule has 0 fully saturated rings. The second kappa shape index (κ2) is 10.4. The van der Waals surface area contributed by atoms with Crippen LogP contribution in [-0.4, -0.2) is 30.2 Å². The van der Waals surface area contributed by atoms with Crippen LogP contribution in [0.1, 0.15) is 44.8 Å². The number of aryl methyl sites for hydroxylation is 2. The van der Waals surface area contributed by atoms with Crippen molar-refractivity contribution in [3.8, 4) is 0 Å². The third-order valence-electron chi connectivity index (χ3n) is 4.87. The fourth-order valence-electron chi connectivity index (χ4n) is 3.22. The zero-order valence-corrected chi connectivity index (χ0v) is 17.9. The van der Waals surface area contributed by atoms with E-state index in [1.165, 1.54) is 42.1 Å². The normalized spacial score (nSPS) is 11.8. The minimum atomic E-state index is -0.616.